The van der Waals surface area contributed by atoms with Gasteiger partial charge in [-0.3, -0.25) is 0 Å². The molecule has 0 spiro atoms. The lowest BCUT2D eigenvalue weighted by Crippen LogP contribution is -2.21. The average molecular weight is 267 g/mol. The lowest BCUT2D eigenvalue weighted by Gasteiger charge is -2.16. The van der Waals surface area contributed by atoms with E-state index < -0.39 is 0 Å². The minimum atomic E-state index is 0.633. The number of rotatable bonds is 0. The molecule has 1 saturated heterocycles. The number of benzene rings is 1. The van der Waals surface area contributed by atoms with E-state index >= 15 is 0 Å². The zero-order valence-corrected chi connectivity index (χ0v) is 10.2. The molecule has 1 aromatic carbocycles. The second-order valence-electron chi connectivity index (χ2n) is 4.39. The second kappa shape index (κ2) is 3.80. The van der Waals surface area contributed by atoms with Crippen LogP contribution in [0.15, 0.2) is 22.7 Å². The molecule has 2 aliphatic heterocycles. The molecule has 15 heavy (non-hydrogen) atoms. The van der Waals surface area contributed by atoms with Gasteiger partial charge >= 0.3 is 0 Å². The molecule has 2 atom stereocenters. The van der Waals surface area contributed by atoms with E-state index in [-0.39, 0.29) is 0 Å². The Morgan fingerprint density at radius 3 is 3.00 bits per heavy atom. The summed E-state index contributed by atoms with van der Waals surface area (Å²) in [7, 11) is 0. The first-order valence-corrected chi connectivity index (χ1v) is 6.41. The van der Waals surface area contributed by atoms with Gasteiger partial charge in [0.25, 0.3) is 0 Å². The molecule has 0 amide bonds. The predicted octanol–water partition coefficient (Wildman–Crippen LogP) is 2.71. The fourth-order valence-corrected chi connectivity index (χ4v) is 3.46. The normalized spacial score (nSPS) is 28.9. The van der Waals surface area contributed by atoms with Gasteiger partial charge in [-0.25, -0.2) is 0 Å². The van der Waals surface area contributed by atoms with Gasteiger partial charge in [0, 0.05) is 22.1 Å². The van der Waals surface area contributed by atoms with Crippen LogP contribution in [0.1, 0.15) is 24.3 Å². The lowest BCUT2D eigenvalue weighted by atomic mass is 9.91. The predicted molar refractivity (Wildman–Crippen MR) is 66.4 cm³/mol. The van der Waals surface area contributed by atoms with Gasteiger partial charge in [-0.1, -0.05) is 22.0 Å². The number of fused-ring (bicyclic) bond motifs is 3. The Labute approximate surface area is 98.6 Å². The van der Waals surface area contributed by atoms with Crippen molar-refractivity contribution in [2.75, 3.05) is 18.4 Å². The highest BCUT2D eigenvalue weighted by molar-refractivity contribution is 9.10. The number of hydrogen-bond acceptors (Lipinski definition) is 2. The minimum absolute atomic E-state index is 0.633. The van der Waals surface area contributed by atoms with Gasteiger partial charge in [0.05, 0.1) is 0 Å². The number of hydrogen-bond donors (Lipinski definition) is 2. The van der Waals surface area contributed by atoms with Crippen molar-refractivity contribution in [2.45, 2.75) is 24.8 Å². The molecule has 1 aromatic rings. The Balaban J connectivity index is 2.02. The molecule has 0 saturated carbocycles. The molecule has 0 aliphatic carbocycles. The van der Waals surface area contributed by atoms with Gasteiger partial charge in [0.1, 0.15) is 0 Å². The van der Waals surface area contributed by atoms with Gasteiger partial charge in [0.15, 0.2) is 0 Å². The first-order chi connectivity index (χ1) is 7.36. The molecule has 2 aliphatic rings. The summed E-state index contributed by atoms with van der Waals surface area (Å²) in [5, 5.41) is 7.12. The van der Waals surface area contributed by atoms with E-state index in [0.29, 0.717) is 12.0 Å². The van der Waals surface area contributed by atoms with Crippen LogP contribution in [0.3, 0.4) is 0 Å². The first-order valence-electron chi connectivity index (χ1n) is 5.62. The Morgan fingerprint density at radius 2 is 2.07 bits per heavy atom. The highest BCUT2D eigenvalue weighted by atomic mass is 79.9. The van der Waals surface area contributed by atoms with Crippen molar-refractivity contribution in [1.29, 1.82) is 0 Å². The maximum absolute atomic E-state index is 3.67. The van der Waals surface area contributed by atoms with Gasteiger partial charge in [0.2, 0.25) is 0 Å². The van der Waals surface area contributed by atoms with Crippen LogP contribution < -0.4 is 10.6 Å². The summed E-state index contributed by atoms with van der Waals surface area (Å²) in [6.45, 7) is 2.28. The molecule has 2 heterocycles. The third-order valence-electron chi connectivity index (χ3n) is 3.51. The molecule has 2 N–H and O–H groups in total. The molecule has 1 fully saturated rings. The van der Waals surface area contributed by atoms with E-state index in [2.05, 4.69) is 44.8 Å². The summed E-state index contributed by atoms with van der Waals surface area (Å²) >= 11 is 3.67. The summed E-state index contributed by atoms with van der Waals surface area (Å²) in [6, 6.07) is 7.09. The van der Waals surface area contributed by atoms with Gasteiger partial charge in [-0.05, 0) is 43.6 Å². The zero-order valence-electron chi connectivity index (χ0n) is 8.59. The van der Waals surface area contributed by atoms with Crippen LogP contribution >= 0.6 is 15.9 Å². The van der Waals surface area contributed by atoms with Crippen LogP contribution in [0.5, 0.6) is 0 Å². The zero-order chi connectivity index (χ0) is 10.3. The van der Waals surface area contributed by atoms with Crippen LogP contribution in [0.25, 0.3) is 0 Å². The minimum Gasteiger partial charge on any atom is -0.381 e. The van der Waals surface area contributed by atoms with Crippen molar-refractivity contribution in [3.63, 3.8) is 0 Å². The van der Waals surface area contributed by atoms with Crippen molar-refractivity contribution in [2.24, 2.45) is 0 Å². The molecule has 3 rings (SSSR count). The molecule has 0 bridgehead atoms. The van der Waals surface area contributed by atoms with Crippen LogP contribution in [0, 0.1) is 0 Å². The third kappa shape index (κ3) is 1.58. The highest BCUT2D eigenvalue weighted by Crippen LogP contribution is 2.43. The van der Waals surface area contributed by atoms with Crippen LogP contribution in [0.2, 0.25) is 0 Å². The van der Waals surface area contributed by atoms with E-state index in [4.69, 9.17) is 0 Å². The monoisotopic (exact) mass is 266 g/mol. The summed E-state index contributed by atoms with van der Waals surface area (Å²) in [5.74, 6) is 0.686. The quantitative estimate of drug-likeness (QED) is 0.755. The SMILES string of the molecule is Brc1cccc2c1[C@H]1CCNCC[C@@H]1N2. The van der Waals surface area contributed by atoms with Crippen molar-refractivity contribution in [3.8, 4) is 0 Å². The van der Waals surface area contributed by atoms with Crippen LogP contribution in [0.4, 0.5) is 5.69 Å². The highest BCUT2D eigenvalue weighted by Gasteiger charge is 2.33. The molecular weight excluding hydrogens is 252 g/mol. The number of anilines is 1. The van der Waals surface area contributed by atoms with E-state index in [1.54, 1.807) is 0 Å². The molecule has 0 aromatic heterocycles. The molecule has 3 heteroatoms. The van der Waals surface area contributed by atoms with Crippen molar-refractivity contribution < 1.29 is 0 Å². The van der Waals surface area contributed by atoms with E-state index in [0.717, 1.165) is 13.1 Å². The van der Waals surface area contributed by atoms with E-state index in [9.17, 15) is 0 Å². The second-order valence-corrected chi connectivity index (χ2v) is 5.24. The summed E-state index contributed by atoms with van der Waals surface area (Å²) < 4.78 is 1.27. The van der Waals surface area contributed by atoms with Crippen molar-refractivity contribution >= 4 is 21.6 Å². The maximum atomic E-state index is 3.67. The van der Waals surface area contributed by atoms with Gasteiger partial charge < -0.3 is 10.6 Å². The summed E-state index contributed by atoms with van der Waals surface area (Å²) in [4.78, 5) is 0. The van der Waals surface area contributed by atoms with E-state index in [1.165, 1.54) is 28.6 Å². The Kier molecular flexibility index (Phi) is 2.45. The largest absolute Gasteiger partial charge is 0.381 e. The fraction of sp³-hybridized carbons (Fsp3) is 0.500. The number of halogens is 1. The average Bonchev–Trinajstić information content (AvgIpc) is 2.43. The molecule has 0 unspecified atom stereocenters. The third-order valence-corrected chi connectivity index (χ3v) is 4.21. The topological polar surface area (TPSA) is 24.1 Å². The summed E-state index contributed by atoms with van der Waals surface area (Å²) in [6.07, 6.45) is 2.47. The van der Waals surface area contributed by atoms with E-state index in [1.807, 2.05) is 0 Å². The van der Waals surface area contributed by atoms with Gasteiger partial charge in [-0.15, -0.1) is 0 Å². The smallest absolute Gasteiger partial charge is 0.0390 e. The van der Waals surface area contributed by atoms with Crippen molar-refractivity contribution in [3.05, 3.63) is 28.2 Å². The molecular formula is C12H15BrN2. The van der Waals surface area contributed by atoms with Crippen LogP contribution in [-0.2, 0) is 0 Å². The standard InChI is InChI=1S/C12H15BrN2/c13-9-2-1-3-11-12(9)8-4-6-14-7-5-10(8)15-11/h1-3,8,10,14-15H,4-7H2/t8-,10-/m0/s1. The van der Waals surface area contributed by atoms with Crippen LogP contribution in [-0.4, -0.2) is 19.1 Å². The molecule has 2 nitrogen and oxygen atoms in total. The molecule has 80 valence electrons. The Bertz CT molecular complexity index is 378. The van der Waals surface area contributed by atoms with Gasteiger partial charge in [-0.2, -0.15) is 0 Å². The lowest BCUT2D eigenvalue weighted by molar-refractivity contribution is 0.577. The molecule has 0 radical (unpaired) electrons. The van der Waals surface area contributed by atoms with Crippen molar-refractivity contribution in [1.82, 2.24) is 5.32 Å². The maximum Gasteiger partial charge on any atom is 0.0390 e. The summed E-state index contributed by atoms with van der Waals surface area (Å²) in [5.41, 5.74) is 2.83. The fourth-order valence-electron chi connectivity index (χ4n) is 2.80. The Hall–Kier alpha value is -0.540. The first kappa shape index (κ1) is 9.67. The number of nitrogens with one attached hydrogen (secondary N) is 2. The Morgan fingerprint density at radius 1 is 1.20 bits per heavy atom.